The number of aromatic amines is 1. The molecule has 1 aromatic rings. The first-order valence-electron chi connectivity index (χ1n) is 5.97. The minimum Gasteiger partial charge on any atom is -0.355 e. The molecule has 1 nitrogen and oxygen atoms in total. The Morgan fingerprint density at radius 1 is 1.35 bits per heavy atom. The van der Waals surface area contributed by atoms with Crippen molar-refractivity contribution in [2.75, 3.05) is 0 Å². The Morgan fingerprint density at radius 3 is 2.76 bits per heavy atom. The molecule has 1 heteroatoms. The van der Waals surface area contributed by atoms with E-state index in [4.69, 9.17) is 0 Å². The second kappa shape index (κ2) is 4.25. The van der Waals surface area contributed by atoms with Gasteiger partial charge in [0.05, 0.1) is 0 Å². The smallest absolute Gasteiger partial charge is 0.0461 e. The number of H-pyrrole nitrogens is 1. The van der Waals surface area contributed by atoms with Gasteiger partial charge in [0.15, 0.2) is 0 Å². The Labute approximate surface area is 103 Å². The maximum atomic E-state index is 3.92. The number of rotatable bonds is 2. The van der Waals surface area contributed by atoms with Gasteiger partial charge in [-0.2, -0.15) is 0 Å². The number of aromatic nitrogens is 1. The van der Waals surface area contributed by atoms with Gasteiger partial charge >= 0.3 is 0 Å². The first-order chi connectivity index (χ1) is 8.07. The van der Waals surface area contributed by atoms with Gasteiger partial charge < -0.3 is 4.98 Å². The summed E-state index contributed by atoms with van der Waals surface area (Å²) in [6.07, 6.45) is 14.8. The molecule has 1 aliphatic rings. The van der Waals surface area contributed by atoms with Crippen molar-refractivity contribution in [3.05, 3.63) is 46.6 Å². The van der Waals surface area contributed by atoms with E-state index >= 15 is 0 Å². The van der Waals surface area contributed by atoms with Crippen molar-refractivity contribution in [3.63, 3.8) is 0 Å². The van der Waals surface area contributed by atoms with Crippen LogP contribution in [0, 0.1) is 5.41 Å². The van der Waals surface area contributed by atoms with Gasteiger partial charge in [-0.1, -0.05) is 50.8 Å². The lowest BCUT2D eigenvalue weighted by molar-refractivity contribution is 0.671. The molecule has 0 aliphatic heterocycles. The molecule has 17 heavy (non-hydrogen) atoms. The van der Waals surface area contributed by atoms with Gasteiger partial charge in [-0.15, -0.1) is 0 Å². The maximum absolute atomic E-state index is 3.92. The maximum Gasteiger partial charge on any atom is 0.0461 e. The minimum absolute atomic E-state index is 0.0783. The van der Waals surface area contributed by atoms with E-state index in [1.54, 1.807) is 0 Å². The van der Waals surface area contributed by atoms with Crippen molar-refractivity contribution in [3.8, 4) is 0 Å². The van der Waals surface area contributed by atoms with E-state index in [0.717, 1.165) is 11.0 Å². The van der Waals surface area contributed by atoms with E-state index in [-0.39, 0.29) is 5.41 Å². The fourth-order valence-corrected chi connectivity index (χ4v) is 2.19. The quantitative estimate of drug-likeness (QED) is 0.796. The van der Waals surface area contributed by atoms with Crippen LogP contribution in [0.5, 0.6) is 0 Å². The minimum atomic E-state index is 0.0783. The lowest BCUT2D eigenvalue weighted by atomic mass is 9.92. The van der Waals surface area contributed by atoms with Gasteiger partial charge in [-0.3, -0.25) is 0 Å². The Kier molecular flexibility index (Phi) is 2.93. The summed E-state index contributed by atoms with van der Waals surface area (Å²) in [6.45, 7) is 10.4. The molecular formula is C16H19N. The van der Waals surface area contributed by atoms with Crippen molar-refractivity contribution in [2.24, 2.45) is 5.41 Å². The van der Waals surface area contributed by atoms with Crippen molar-refractivity contribution >= 4 is 24.3 Å². The number of hydrogen-bond acceptors (Lipinski definition) is 0. The zero-order valence-corrected chi connectivity index (χ0v) is 10.7. The number of nitrogens with one attached hydrogen (secondary N) is 1. The van der Waals surface area contributed by atoms with Crippen LogP contribution >= 0.6 is 0 Å². The topological polar surface area (TPSA) is 15.8 Å². The predicted molar refractivity (Wildman–Crippen MR) is 76.7 cm³/mol. The van der Waals surface area contributed by atoms with Gasteiger partial charge in [0, 0.05) is 27.2 Å². The van der Waals surface area contributed by atoms with Crippen LogP contribution in [0.15, 0.2) is 24.8 Å². The summed E-state index contributed by atoms with van der Waals surface area (Å²) in [7, 11) is 0. The van der Waals surface area contributed by atoms with Gasteiger partial charge in [0.25, 0.3) is 0 Å². The van der Waals surface area contributed by atoms with Crippen molar-refractivity contribution in [1.82, 2.24) is 4.98 Å². The zero-order chi connectivity index (χ0) is 12.5. The van der Waals surface area contributed by atoms with Gasteiger partial charge in [0.2, 0.25) is 0 Å². The SMILES string of the molecule is C=Cc1c(/C=C\C)[nH]c2c1=CC(C)(C)C=CC=2. The van der Waals surface area contributed by atoms with Crippen LogP contribution in [0.2, 0.25) is 0 Å². The molecular weight excluding hydrogens is 206 g/mol. The zero-order valence-electron chi connectivity index (χ0n) is 10.7. The van der Waals surface area contributed by atoms with Gasteiger partial charge in [0.1, 0.15) is 0 Å². The van der Waals surface area contributed by atoms with Crippen LogP contribution < -0.4 is 10.6 Å². The summed E-state index contributed by atoms with van der Waals surface area (Å²) in [5, 5.41) is 2.41. The summed E-state index contributed by atoms with van der Waals surface area (Å²) >= 11 is 0. The van der Waals surface area contributed by atoms with Crippen LogP contribution in [0.3, 0.4) is 0 Å². The third-order valence-electron chi connectivity index (χ3n) is 2.98. The molecule has 0 radical (unpaired) electrons. The normalized spacial score (nSPS) is 17.1. The third kappa shape index (κ3) is 2.19. The van der Waals surface area contributed by atoms with E-state index < -0.39 is 0 Å². The van der Waals surface area contributed by atoms with Crippen LogP contribution in [-0.4, -0.2) is 4.98 Å². The van der Waals surface area contributed by atoms with Crippen molar-refractivity contribution < 1.29 is 0 Å². The molecule has 1 aromatic heterocycles. The molecule has 2 rings (SSSR count). The summed E-state index contributed by atoms with van der Waals surface area (Å²) in [4.78, 5) is 3.44. The summed E-state index contributed by atoms with van der Waals surface area (Å²) in [5.41, 5.74) is 2.40. The highest BCUT2D eigenvalue weighted by Crippen LogP contribution is 2.20. The molecule has 88 valence electrons. The first-order valence-corrected chi connectivity index (χ1v) is 5.97. The van der Waals surface area contributed by atoms with E-state index in [0.29, 0.717) is 0 Å². The predicted octanol–water partition coefficient (Wildman–Crippen LogP) is 2.85. The second-order valence-corrected chi connectivity index (χ2v) is 4.98. The van der Waals surface area contributed by atoms with Gasteiger partial charge in [-0.05, 0) is 19.1 Å². The highest BCUT2D eigenvalue weighted by molar-refractivity contribution is 5.66. The van der Waals surface area contributed by atoms with Gasteiger partial charge in [-0.25, -0.2) is 0 Å². The Balaban J connectivity index is 2.83. The molecule has 0 amide bonds. The average molecular weight is 225 g/mol. The molecule has 1 aliphatic carbocycles. The standard InChI is InChI=1S/C16H19N/c1-5-8-14-12(6-2)13-11-16(3,4)10-7-9-15(13)17-14/h5-11,17H,2H2,1,3-4H3/b8-5-. The Morgan fingerprint density at radius 2 is 2.12 bits per heavy atom. The summed E-state index contributed by atoms with van der Waals surface area (Å²) < 4.78 is 0. The second-order valence-electron chi connectivity index (χ2n) is 4.98. The molecule has 0 spiro atoms. The molecule has 0 atom stereocenters. The molecule has 0 aromatic carbocycles. The van der Waals surface area contributed by atoms with Crippen LogP contribution in [0.25, 0.3) is 24.3 Å². The van der Waals surface area contributed by atoms with Crippen LogP contribution in [-0.2, 0) is 0 Å². The number of fused-ring (bicyclic) bond motifs is 1. The lowest BCUT2D eigenvalue weighted by Crippen LogP contribution is -2.25. The van der Waals surface area contributed by atoms with E-state index in [9.17, 15) is 0 Å². The summed E-state index contributed by atoms with van der Waals surface area (Å²) in [5.74, 6) is 0. The molecule has 0 fully saturated rings. The van der Waals surface area contributed by atoms with Crippen LogP contribution in [0.4, 0.5) is 0 Å². The third-order valence-corrected chi connectivity index (χ3v) is 2.98. The van der Waals surface area contributed by atoms with E-state index in [2.05, 4.69) is 55.8 Å². The molecule has 0 bridgehead atoms. The number of allylic oxidation sites excluding steroid dienone is 3. The molecule has 0 saturated carbocycles. The molecule has 1 N–H and O–H groups in total. The van der Waals surface area contributed by atoms with E-state index in [1.165, 1.54) is 10.8 Å². The van der Waals surface area contributed by atoms with Crippen molar-refractivity contribution in [2.45, 2.75) is 20.8 Å². The Bertz CT molecular complexity index is 607. The first kappa shape index (κ1) is 11.7. The molecule has 0 unspecified atom stereocenters. The Hall–Kier alpha value is -1.76. The number of hydrogen-bond donors (Lipinski definition) is 1. The average Bonchev–Trinajstić information content (AvgIpc) is 2.47. The molecule has 1 heterocycles. The fraction of sp³-hybridized carbons (Fsp3) is 0.250. The highest BCUT2D eigenvalue weighted by Gasteiger charge is 2.13. The summed E-state index contributed by atoms with van der Waals surface area (Å²) in [6, 6.07) is 0. The largest absolute Gasteiger partial charge is 0.355 e. The van der Waals surface area contributed by atoms with Crippen LogP contribution in [0.1, 0.15) is 32.0 Å². The fourth-order valence-electron chi connectivity index (χ4n) is 2.19. The highest BCUT2D eigenvalue weighted by atomic mass is 14.7. The van der Waals surface area contributed by atoms with Crippen molar-refractivity contribution in [1.29, 1.82) is 0 Å². The van der Waals surface area contributed by atoms with E-state index in [1.807, 2.05) is 19.1 Å². The monoisotopic (exact) mass is 225 g/mol. The molecule has 0 saturated heterocycles. The lowest BCUT2D eigenvalue weighted by Gasteiger charge is -2.12.